The third-order valence-electron chi connectivity index (χ3n) is 5.77. The van der Waals surface area contributed by atoms with E-state index in [2.05, 4.69) is 49.2 Å². The number of likely N-dealkylation sites (tertiary alicyclic amines) is 1. The lowest BCUT2D eigenvalue weighted by atomic mass is 10.1. The maximum Gasteiger partial charge on any atom is 0.194 e. The predicted octanol–water partition coefficient (Wildman–Crippen LogP) is 4.44. The molecule has 2 saturated heterocycles. The van der Waals surface area contributed by atoms with Gasteiger partial charge in [-0.2, -0.15) is 0 Å². The zero-order chi connectivity index (χ0) is 19.8. The number of halogens is 1. The number of rotatable bonds is 6. The fourth-order valence-corrected chi connectivity index (χ4v) is 4.03. The minimum atomic E-state index is 0. The topological polar surface area (TPSA) is 46.1 Å². The molecule has 1 atom stereocenters. The van der Waals surface area contributed by atoms with Crippen LogP contribution in [0.25, 0.3) is 0 Å². The van der Waals surface area contributed by atoms with Crippen molar-refractivity contribution in [2.45, 2.75) is 71.6 Å². The van der Waals surface area contributed by atoms with Crippen LogP contribution in [0.1, 0.15) is 55.7 Å². The van der Waals surface area contributed by atoms with Crippen LogP contribution in [-0.2, 0) is 16.0 Å². The number of hydrogen-bond acceptors (Lipinski definition) is 3. The molecule has 0 spiro atoms. The first-order chi connectivity index (χ1) is 13.7. The number of ether oxygens (including phenoxy) is 2. The van der Waals surface area contributed by atoms with E-state index in [4.69, 9.17) is 14.5 Å². The van der Waals surface area contributed by atoms with Crippen molar-refractivity contribution in [3.63, 3.8) is 0 Å². The van der Waals surface area contributed by atoms with Gasteiger partial charge >= 0.3 is 0 Å². The van der Waals surface area contributed by atoms with Crippen LogP contribution < -0.4 is 5.32 Å². The second-order valence-electron chi connectivity index (χ2n) is 8.11. The molecule has 2 fully saturated rings. The van der Waals surface area contributed by atoms with Gasteiger partial charge in [-0.25, -0.2) is 4.99 Å². The maximum absolute atomic E-state index is 6.15. The third-order valence-corrected chi connectivity index (χ3v) is 5.77. The van der Waals surface area contributed by atoms with Gasteiger partial charge in [0.25, 0.3) is 0 Å². The van der Waals surface area contributed by atoms with Crippen LogP contribution in [0.5, 0.6) is 0 Å². The van der Waals surface area contributed by atoms with E-state index >= 15 is 0 Å². The fraction of sp³-hybridized carbons (Fsp3) is 0.696. The van der Waals surface area contributed by atoms with E-state index < -0.39 is 0 Å². The predicted molar refractivity (Wildman–Crippen MR) is 130 cm³/mol. The highest BCUT2D eigenvalue weighted by Gasteiger charge is 2.23. The molecule has 0 radical (unpaired) electrons. The first-order valence-electron chi connectivity index (χ1n) is 11.0. The number of aliphatic imine (C=N–C) groups is 1. The number of benzene rings is 1. The highest BCUT2D eigenvalue weighted by atomic mass is 127. The van der Waals surface area contributed by atoms with Crippen molar-refractivity contribution < 1.29 is 9.47 Å². The lowest BCUT2D eigenvalue weighted by molar-refractivity contribution is -0.0721. The Kier molecular flexibility index (Phi) is 10.7. The van der Waals surface area contributed by atoms with Gasteiger partial charge in [-0.1, -0.05) is 23.8 Å². The van der Waals surface area contributed by atoms with Crippen molar-refractivity contribution in [3.8, 4) is 0 Å². The number of guanidine groups is 1. The molecule has 0 amide bonds. The lowest BCUT2D eigenvalue weighted by Crippen LogP contribution is -2.47. The monoisotopic (exact) mass is 515 g/mol. The largest absolute Gasteiger partial charge is 0.376 e. The number of piperidine rings is 1. The van der Waals surface area contributed by atoms with Crippen molar-refractivity contribution in [2.75, 3.05) is 32.8 Å². The van der Waals surface area contributed by atoms with E-state index in [9.17, 15) is 0 Å². The zero-order valence-electron chi connectivity index (χ0n) is 18.3. The summed E-state index contributed by atoms with van der Waals surface area (Å²) in [6, 6.07) is 6.60. The van der Waals surface area contributed by atoms with Gasteiger partial charge in [0.05, 0.1) is 25.4 Å². The average Bonchev–Trinajstić information content (AvgIpc) is 2.72. The molecule has 0 aromatic heterocycles. The minimum Gasteiger partial charge on any atom is -0.376 e. The molecular weight excluding hydrogens is 477 g/mol. The molecule has 1 N–H and O–H groups in total. The Labute approximate surface area is 193 Å². The Morgan fingerprint density at radius 1 is 1.21 bits per heavy atom. The molecule has 3 rings (SSSR count). The summed E-state index contributed by atoms with van der Waals surface area (Å²) in [6.07, 6.45) is 6.39. The van der Waals surface area contributed by atoms with Gasteiger partial charge in [-0.3, -0.25) is 0 Å². The Morgan fingerprint density at radius 2 is 2.00 bits per heavy atom. The van der Waals surface area contributed by atoms with E-state index in [0.717, 1.165) is 64.6 Å². The third kappa shape index (κ3) is 7.72. The van der Waals surface area contributed by atoms with Crippen LogP contribution in [0.4, 0.5) is 0 Å². The van der Waals surface area contributed by atoms with Gasteiger partial charge in [0.1, 0.15) is 0 Å². The molecule has 0 aliphatic carbocycles. The SMILES string of the molecule is CCNC(=NCc1ccc(C)cc1C)N1CCC(OCC2CCCCO2)CC1.I. The van der Waals surface area contributed by atoms with Crippen LogP contribution in [0.3, 0.4) is 0 Å². The summed E-state index contributed by atoms with van der Waals surface area (Å²) < 4.78 is 11.9. The van der Waals surface area contributed by atoms with Crippen molar-refractivity contribution >= 4 is 29.9 Å². The van der Waals surface area contributed by atoms with Crippen molar-refractivity contribution in [2.24, 2.45) is 4.99 Å². The summed E-state index contributed by atoms with van der Waals surface area (Å²) in [5.74, 6) is 1.02. The first kappa shape index (κ1) is 24.4. The standard InChI is InChI=1S/C23H37N3O2.HI/c1-4-24-23(25-16-20-9-8-18(2)15-19(20)3)26-12-10-21(11-13-26)28-17-22-7-5-6-14-27-22;/h8-9,15,21-22H,4-7,10-14,16-17H2,1-3H3,(H,24,25);1H. The van der Waals surface area contributed by atoms with Crippen LogP contribution in [-0.4, -0.2) is 55.9 Å². The normalized spacial score (nSPS) is 21.0. The number of nitrogens with one attached hydrogen (secondary N) is 1. The van der Waals surface area contributed by atoms with Gasteiger partial charge in [-0.05, 0) is 64.0 Å². The van der Waals surface area contributed by atoms with E-state index in [-0.39, 0.29) is 24.0 Å². The smallest absolute Gasteiger partial charge is 0.194 e. The van der Waals surface area contributed by atoms with Crippen LogP contribution in [0.2, 0.25) is 0 Å². The maximum atomic E-state index is 6.15. The molecule has 0 bridgehead atoms. The summed E-state index contributed by atoms with van der Waals surface area (Å²) >= 11 is 0. The number of aryl methyl sites for hydroxylation is 2. The summed E-state index contributed by atoms with van der Waals surface area (Å²) in [6.45, 7) is 11.7. The molecule has 0 saturated carbocycles. The second kappa shape index (κ2) is 12.7. The molecule has 2 heterocycles. The fourth-order valence-electron chi connectivity index (χ4n) is 4.03. The van der Waals surface area contributed by atoms with E-state index in [0.29, 0.717) is 12.2 Å². The highest BCUT2D eigenvalue weighted by Crippen LogP contribution is 2.18. The lowest BCUT2D eigenvalue weighted by Gasteiger charge is -2.35. The van der Waals surface area contributed by atoms with Crippen molar-refractivity contribution in [1.29, 1.82) is 0 Å². The number of hydrogen-bond donors (Lipinski definition) is 1. The molecule has 1 aromatic rings. The molecule has 29 heavy (non-hydrogen) atoms. The summed E-state index contributed by atoms with van der Waals surface area (Å²) in [4.78, 5) is 7.29. The van der Waals surface area contributed by atoms with Gasteiger partial charge in [0.2, 0.25) is 0 Å². The van der Waals surface area contributed by atoms with Crippen LogP contribution in [0, 0.1) is 13.8 Å². The molecule has 2 aliphatic heterocycles. The molecule has 2 aliphatic rings. The Bertz CT molecular complexity index is 639. The molecule has 1 aromatic carbocycles. The number of nitrogens with zero attached hydrogens (tertiary/aromatic N) is 2. The molecule has 1 unspecified atom stereocenters. The first-order valence-corrected chi connectivity index (χ1v) is 11.0. The summed E-state index contributed by atoms with van der Waals surface area (Å²) in [5, 5.41) is 3.47. The summed E-state index contributed by atoms with van der Waals surface area (Å²) in [5.41, 5.74) is 3.92. The van der Waals surface area contributed by atoms with E-state index in [1.807, 2.05) is 0 Å². The average molecular weight is 515 g/mol. The molecule has 5 nitrogen and oxygen atoms in total. The van der Waals surface area contributed by atoms with Crippen molar-refractivity contribution in [1.82, 2.24) is 10.2 Å². The Balaban J connectivity index is 0.00000300. The van der Waals surface area contributed by atoms with Crippen LogP contribution >= 0.6 is 24.0 Å². The second-order valence-corrected chi connectivity index (χ2v) is 8.11. The molecule has 6 heteroatoms. The Hall–Kier alpha value is -0.860. The van der Waals surface area contributed by atoms with Gasteiger partial charge in [-0.15, -0.1) is 24.0 Å². The van der Waals surface area contributed by atoms with E-state index in [1.54, 1.807) is 0 Å². The summed E-state index contributed by atoms with van der Waals surface area (Å²) in [7, 11) is 0. The van der Waals surface area contributed by atoms with E-state index in [1.165, 1.54) is 29.5 Å². The Morgan fingerprint density at radius 3 is 2.66 bits per heavy atom. The molecular formula is C23H38IN3O2. The minimum absolute atomic E-state index is 0. The highest BCUT2D eigenvalue weighted by molar-refractivity contribution is 14.0. The van der Waals surface area contributed by atoms with Gasteiger partial charge < -0.3 is 19.7 Å². The van der Waals surface area contributed by atoms with Gasteiger partial charge in [0.15, 0.2) is 5.96 Å². The van der Waals surface area contributed by atoms with Crippen molar-refractivity contribution in [3.05, 3.63) is 34.9 Å². The quantitative estimate of drug-likeness (QED) is 0.346. The zero-order valence-corrected chi connectivity index (χ0v) is 20.6. The van der Waals surface area contributed by atoms with Gasteiger partial charge in [0, 0.05) is 26.2 Å². The van der Waals surface area contributed by atoms with Crippen LogP contribution in [0.15, 0.2) is 23.2 Å². The molecule has 164 valence electrons.